The molecule has 0 aliphatic heterocycles. The van der Waals surface area contributed by atoms with Crippen LogP contribution < -0.4 is 19.0 Å². The van der Waals surface area contributed by atoms with Crippen molar-refractivity contribution in [3.05, 3.63) is 45.2 Å². The minimum absolute atomic E-state index is 0.256. The number of hydrogen-bond donors (Lipinski definition) is 0. The smallest absolute Gasteiger partial charge is 0.286 e. The van der Waals surface area contributed by atoms with E-state index in [4.69, 9.17) is 42.1 Å². The number of carbonyl (C=O) groups is 1. The van der Waals surface area contributed by atoms with E-state index in [1.807, 2.05) is 23.6 Å². The summed E-state index contributed by atoms with van der Waals surface area (Å²) in [5.41, 5.74) is 0.871. The van der Waals surface area contributed by atoms with Gasteiger partial charge in [0.2, 0.25) is 0 Å². The van der Waals surface area contributed by atoms with Gasteiger partial charge in [0, 0.05) is 30.3 Å². The number of carbonyl (C=O) groups excluding carboxylic acids is 1. The first-order valence-corrected chi connectivity index (χ1v) is 11.0. The fourth-order valence-electron chi connectivity index (χ4n) is 2.87. The molecule has 0 saturated carbocycles. The molecule has 0 radical (unpaired) electrons. The highest BCUT2D eigenvalue weighted by Gasteiger charge is 2.14. The van der Waals surface area contributed by atoms with Gasteiger partial charge in [0.15, 0.2) is 22.9 Å². The van der Waals surface area contributed by atoms with E-state index in [2.05, 4.69) is 4.99 Å². The lowest BCUT2D eigenvalue weighted by molar-refractivity contribution is -0.120. The van der Waals surface area contributed by atoms with Gasteiger partial charge in [-0.25, -0.2) is 0 Å². The zero-order valence-corrected chi connectivity index (χ0v) is 19.6. The molecule has 31 heavy (non-hydrogen) atoms. The highest BCUT2D eigenvalue weighted by atomic mass is 35.5. The normalized spacial score (nSPS) is 11.7. The van der Waals surface area contributed by atoms with Crippen LogP contribution in [0.1, 0.15) is 6.92 Å². The van der Waals surface area contributed by atoms with Crippen molar-refractivity contribution < 1.29 is 23.7 Å². The molecule has 0 saturated heterocycles. The van der Waals surface area contributed by atoms with E-state index in [-0.39, 0.29) is 6.61 Å². The van der Waals surface area contributed by atoms with Crippen LogP contribution in [-0.4, -0.2) is 44.5 Å². The maximum Gasteiger partial charge on any atom is 0.286 e. The second-order valence-corrected chi connectivity index (χ2v) is 8.13. The summed E-state index contributed by atoms with van der Waals surface area (Å²) in [5.74, 6) is 1.12. The summed E-state index contributed by atoms with van der Waals surface area (Å²) in [6, 6.07) is 8.53. The Bertz CT molecular complexity index is 1140. The van der Waals surface area contributed by atoms with Crippen LogP contribution in [0.15, 0.2) is 35.3 Å². The Morgan fingerprint density at radius 1 is 1.10 bits per heavy atom. The van der Waals surface area contributed by atoms with Gasteiger partial charge in [0.1, 0.15) is 5.75 Å². The van der Waals surface area contributed by atoms with Crippen LogP contribution in [-0.2, 0) is 16.1 Å². The summed E-state index contributed by atoms with van der Waals surface area (Å²) in [6.45, 7) is 3.28. The number of methoxy groups -OCH3 is 2. The van der Waals surface area contributed by atoms with Crippen molar-refractivity contribution in [1.29, 1.82) is 0 Å². The molecule has 0 atom stereocenters. The van der Waals surface area contributed by atoms with Crippen molar-refractivity contribution in [2.45, 2.75) is 13.5 Å². The minimum atomic E-state index is -0.443. The molecule has 3 aromatic rings. The van der Waals surface area contributed by atoms with Gasteiger partial charge in [-0.15, -0.1) is 0 Å². The Labute approximate surface area is 193 Å². The van der Waals surface area contributed by atoms with Gasteiger partial charge in [-0.1, -0.05) is 34.5 Å². The predicted octanol–water partition coefficient (Wildman–Crippen LogP) is 4.57. The molecule has 0 spiro atoms. The van der Waals surface area contributed by atoms with E-state index < -0.39 is 5.91 Å². The number of halogens is 2. The third-order valence-corrected chi connectivity index (χ3v) is 5.89. The molecule has 1 heterocycles. The fourth-order valence-corrected chi connectivity index (χ4v) is 4.42. The monoisotopic (exact) mass is 484 g/mol. The largest absolute Gasteiger partial charge is 0.493 e. The van der Waals surface area contributed by atoms with Gasteiger partial charge >= 0.3 is 0 Å². The molecule has 3 rings (SSSR count). The van der Waals surface area contributed by atoms with Crippen LogP contribution in [0, 0.1) is 0 Å². The number of benzene rings is 2. The topological polar surface area (TPSA) is 71.3 Å². The van der Waals surface area contributed by atoms with Crippen LogP contribution in [0.2, 0.25) is 10.0 Å². The van der Waals surface area contributed by atoms with Crippen LogP contribution in [0.5, 0.6) is 17.2 Å². The molecule has 1 aromatic heterocycles. The molecule has 0 bridgehead atoms. The molecule has 0 N–H and O–H groups in total. The number of hydrogen-bond acceptors (Lipinski definition) is 6. The predicted molar refractivity (Wildman–Crippen MR) is 122 cm³/mol. The molecule has 0 aliphatic carbocycles. The van der Waals surface area contributed by atoms with Gasteiger partial charge in [0.25, 0.3) is 5.91 Å². The Morgan fingerprint density at radius 3 is 2.52 bits per heavy atom. The second-order valence-electron chi connectivity index (χ2n) is 6.28. The Morgan fingerprint density at radius 2 is 1.84 bits per heavy atom. The van der Waals surface area contributed by atoms with E-state index >= 15 is 0 Å². The van der Waals surface area contributed by atoms with E-state index in [0.29, 0.717) is 51.9 Å². The number of aromatic nitrogens is 1. The van der Waals surface area contributed by atoms with Gasteiger partial charge in [-0.05, 0) is 25.1 Å². The Hall–Kier alpha value is -2.26. The maximum absolute atomic E-state index is 12.5. The average molecular weight is 485 g/mol. The van der Waals surface area contributed by atoms with Crippen LogP contribution >= 0.6 is 34.5 Å². The van der Waals surface area contributed by atoms with E-state index in [0.717, 1.165) is 10.2 Å². The van der Waals surface area contributed by atoms with Crippen molar-refractivity contribution in [2.24, 2.45) is 4.99 Å². The van der Waals surface area contributed by atoms with E-state index in [9.17, 15) is 4.79 Å². The Balaban J connectivity index is 1.93. The van der Waals surface area contributed by atoms with Crippen molar-refractivity contribution in [3.8, 4) is 17.2 Å². The Kier molecular flexibility index (Phi) is 8.20. The number of ether oxygens (including phenoxy) is 4. The molecule has 0 unspecified atom stereocenters. The summed E-state index contributed by atoms with van der Waals surface area (Å²) >= 11 is 13.3. The summed E-state index contributed by atoms with van der Waals surface area (Å²) in [4.78, 5) is 17.3. The lowest BCUT2D eigenvalue weighted by atomic mass is 10.3. The van der Waals surface area contributed by atoms with Crippen molar-refractivity contribution in [2.75, 3.05) is 34.0 Å². The molecular formula is C21H22Cl2N2O5S. The SMILES string of the molecule is CCOCCn1c(=NC(=O)COc2ccc(Cl)cc2Cl)sc2cc(OC)c(OC)cc21. The zero-order valence-electron chi connectivity index (χ0n) is 17.3. The van der Waals surface area contributed by atoms with E-state index in [1.165, 1.54) is 11.3 Å². The van der Waals surface area contributed by atoms with Crippen molar-refractivity contribution in [1.82, 2.24) is 4.57 Å². The van der Waals surface area contributed by atoms with Crippen molar-refractivity contribution >= 4 is 50.7 Å². The number of amides is 1. The number of nitrogens with zero attached hydrogens (tertiary/aromatic N) is 2. The van der Waals surface area contributed by atoms with E-state index in [1.54, 1.807) is 32.4 Å². The minimum Gasteiger partial charge on any atom is -0.493 e. The van der Waals surface area contributed by atoms with Gasteiger partial charge in [0.05, 0.1) is 36.1 Å². The van der Waals surface area contributed by atoms with Crippen LogP contribution in [0.4, 0.5) is 0 Å². The molecule has 7 nitrogen and oxygen atoms in total. The third-order valence-electron chi connectivity index (χ3n) is 4.32. The molecule has 166 valence electrons. The number of rotatable bonds is 9. The first kappa shape index (κ1) is 23.4. The lowest BCUT2D eigenvalue weighted by Gasteiger charge is -2.09. The molecule has 0 fully saturated rings. The van der Waals surface area contributed by atoms with Gasteiger partial charge in [-0.2, -0.15) is 4.99 Å². The molecule has 0 aliphatic rings. The molecule has 10 heteroatoms. The third kappa shape index (κ3) is 5.71. The zero-order chi connectivity index (χ0) is 22.4. The van der Waals surface area contributed by atoms with Crippen LogP contribution in [0.25, 0.3) is 10.2 Å². The summed E-state index contributed by atoms with van der Waals surface area (Å²) in [5, 5.41) is 0.813. The van der Waals surface area contributed by atoms with Gasteiger partial charge in [-0.3, -0.25) is 4.79 Å². The standard InChI is InChI=1S/C21H22Cl2N2O5S/c1-4-29-8-7-25-15-10-17(27-2)18(28-3)11-19(15)31-21(25)24-20(26)12-30-16-6-5-13(22)9-14(16)23/h5-6,9-11H,4,7-8,12H2,1-3H3. The lowest BCUT2D eigenvalue weighted by Crippen LogP contribution is -2.21. The van der Waals surface area contributed by atoms with Gasteiger partial charge < -0.3 is 23.5 Å². The average Bonchev–Trinajstić information content (AvgIpc) is 3.08. The fraction of sp³-hybridized carbons (Fsp3) is 0.333. The number of thiazole rings is 1. The first-order chi connectivity index (χ1) is 15.0. The number of fused-ring (bicyclic) bond motifs is 1. The highest BCUT2D eigenvalue weighted by Crippen LogP contribution is 2.33. The summed E-state index contributed by atoms with van der Waals surface area (Å²) < 4.78 is 24.6. The van der Waals surface area contributed by atoms with Crippen molar-refractivity contribution in [3.63, 3.8) is 0 Å². The quantitative estimate of drug-likeness (QED) is 0.416. The molecular weight excluding hydrogens is 463 g/mol. The highest BCUT2D eigenvalue weighted by molar-refractivity contribution is 7.16. The summed E-state index contributed by atoms with van der Waals surface area (Å²) in [7, 11) is 3.16. The summed E-state index contributed by atoms with van der Waals surface area (Å²) in [6.07, 6.45) is 0. The molecule has 2 aromatic carbocycles. The van der Waals surface area contributed by atoms with Crippen LogP contribution in [0.3, 0.4) is 0 Å². The second kappa shape index (κ2) is 10.9. The molecule has 1 amide bonds. The first-order valence-electron chi connectivity index (χ1n) is 9.45. The maximum atomic E-state index is 12.5.